The van der Waals surface area contributed by atoms with E-state index in [1.807, 2.05) is 6.07 Å². The summed E-state index contributed by atoms with van der Waals surface area (Å²) in [6.07, 6.45) is 2.40. The molecule has 0 aliphatic heterocycles. The van der Waals surface area contributed by atoms with E-state index in [0.29, 0.717) is 18.6 Å². The van der Waals surface area contributed by atoms with Crippen molar-refractivity contribution >= 4 is 11.4 Å². The van der Waals surface area contributed by atoms with Gasteiger partial charge >= 0.3 is 0 Å². The largest absolute Gasteiger partial charge is 0.299 e. The van der Waals surface area contributed by atoms with Crippen molar-refractivity contribution in [3.05, 3.63) is 41.0 Å². The molecule has 2 aliphatic carbocycles. The van der Waals surface area contributed by atoms with Crippen LogP contribution in [0.2, 0.25) is 0 Å². The Morgan fingerprint density at radius 3 is 2.77 bits per heavy atom. The lowest BCUT2D eigenvalue weighted by Crippen LogP contribution is -2.02. The van der Waals surface area contributed by atoms with Crippen LogP contribution in [0.25, 0.3) is 5.57 Å². The van der Waals surface area contributed by atoms with Crippen molar-refractivity contribution in [1.29, 1.82) is 0 Å². The molecule has 0 saturated heterocycles. The van der Waals surface area contributed by atoms with Gasteiger partial charge in [0.15, 0.2) is 0 Å². The zero-order valence-electron chi connectivity index (χ0n) is 7.34. The van der Waals surface area contributed by atoms with E-state index in [2.05, 4.69) is 18.2 Å². The van der Waals surface area contributed by atoms with Crippen LogP contribution in [0.3, 0.4) is 0 Å². The molecule has 0 heterocycles. The van der Waals surface area contributed by atoms with Crippen LogP contribution in [0.1, 0.15) is 24.0 Å². The van der Waals surface area contributed by atoms with Gasteiger partial charge in [-0.25, -0.2) is 0 Å². The zero-order chi connectivity index (χ0) is 8.84. The Kier molecular flexibility index (Phi) is 1.26. The van der Waals surface area contributed by atoms with Gasteiger partial charge in [-0.3, -0.25) is 4.79 Å². The average Bonchev–Trinajstić information content (AvgIpc) is 2.83. The minimum absolute atomic E-state index is 0.370. The fourth-order valence-electron chi connectivity index (χ4n) is 2.11. The van der Waals surface area contributed by atoms with Gasteiger partial charge in [-0.2, -0.15) is 0 Å². The highest BCUT2D eigenvalue weighted by molar-refractivity contribution is 5.96. The predicted molar refractivity (Wildman–Crippen MR) is 51.3 cm³/mol. The van der Waals surface area contributed by atoms with Crippen LogP contribution in [0.4, 0.5) is 0 Å². The lowest BCUT2D eigenvalue weighted by molar-refractivity contribution is -0.117. The molecule has 64 valence electrons. The van der Waals surface area contributed by atoms with Crippen molar-refractivity contribution in [2.24, 2.45) is 0 Å². The first kappa shape index (κ1) is 7.07. The Hall–Kier alpha value is -1.37. The third kappa shape index (κ3) is 1.04. The lowest BCUT2D eigenvalue weighted by atomic mass is 10.0. The van der Waals surface area contributed by atoms with E-state index in [0.717, 1.165) is 6.42 Å². The number of benzene rings is 1. The van der Waals surface area contributed by atoms with Crippen molar-refractivity contribution in [2.45, 2.75) is 19.3 Å². The fraction of sp³-hybridized carbons (Fsp3) is 0.250. The van der Waals surface area contributed by atoms with E-state index in [4.69, 9.17) is 0 Å². The lowest BCUT2D eigenvalue weighted by Gasteiger charge is -2.03. The molecule has 1 nitrogen and oxygen atoms in total. The van der Waals surface area contributed by atoms with E-state index in [-0.39, 0.29) is 0 Å². The SMILES string of the molecule is O=C1CC2=C(C2)c2ccccc2C1. The topological polar surface area (TPSA) is 17.1 Å². The van der Waals surface area contributed by atoms with Gasteiger partial charge in [0.2, 0.25) is 0 Å². The molecule has 0 saturated carbocycles. The Bertz CT molecular complexity index is 427. The zero-order valence-corrected chi connectivity index (χ0v) is 7.34. The van der Waals surface area contributed by atoms with E-state index < -0.39 is 0 Å². The number of hydrogen-bond donors (Lipinski definition) is 0. The Morgan fingerprint density at radius 1 is 1.00 bits per heavy atom. The number of ketones is 1. The number of carbonyl (C=O) groups is 1. The molecular weight excluding hydrogens is 160 g/mol. The second kappa shape index (κ2) is 2.32. The van der Waals surface area contributed by atoms with E-state index in [9.17, 15) is 4.79 Å². The summed E-state index contributed by atoms with van der Waals surface area (Å²) in [4.78, 5) is 11.4. The number of hydrogen-bond acceptors (Lipinski definition) is 1. The second-order valence-corrected chi connectivity index (χ2v) is 3.81. The van der Waals surface area contributed by atoms with Gasteiger partial charge < -0.3 is 0 Å². The molecule has 0 bridgehead atoms. The van der Waals surface area contributed by atoms with E-state index >= 15 is 0 Å². The standard InChI is InChI=1S/C12H10O/c13-10-5-8-3-1-2-4-11(8)12-7-9(12)6-10/h1-4H,5-7H2. The molecule has 0 atom stereocenters. The summed E-state index contributed by atoms with van der Waals surface area (Å²) < 4.78 is 0. The van der Waals surface area contributed by atoms with E-state index in [1.54, 1.807) is 0 Å². The number of allylic oxidation sites excluding steroid dienone is 2. The Morgan fingerprint density at radius 2 is 1.85 bits per heavy atom. The summed E-state index contributed by atoms with van der Waals surface area (Å²) in [7, 11) is 0. The normalized spacial score (nSPS) is 19.2. The maximum Gasteiger partial charge on any atom is 0.141 e. The van der Waals surface area contributed by atoms with Gasteiger partial charge in [0.05, 0.1) is 0 Å². The third-order valence-electron chi connectivity index (χ3n) is 2.83. The molecular formula is C12H10O. The molecule has 0 spiro atoms. The van der Waals surface area contributed by atoms with Crippen molar-refractivity contribution in [1.82, 2.24) is 0 Å². The Balaban J connectivity index is 2.19. The van der Waals surface area contributed by atoms with Gasteiger partial charge in [-0.05, 0) is 23.1 Å². The first-order valence-corrected chi connectivity index (χ1v) is 4.65. The van der Waals surface area contributed by atoms with Gasteiger partial charge in [0, 0.05) is 12.8 Å². The fourth-order valence-corrected chi connectivity index (χ4v) is 2.11. The highest BCUT2D eigenvalue weighted by Gasteiger charge is 2.29. The van der Waals surface area contributed by atoms with Gasteiger partial charge in [-0.1, -0.05) is 29.8 Å². The van der Waals surface area contributed by atoms with Gasteiger partial charge in [0.25, 0.3) is 0 Å². The van der Waals surface area contributed by atoms with Crippen molar-refractivity contribution in [3.8, 4) is 0 Å². The van der Waals surface area contributed by atoms with Crippen molar-refractivity contribution < 1.29 is 4.79 Å². The summed E-state index contributed by atoms with van der Waals surface area (Å²) in [6.45, 7) is 0. The van der Waals surface area contributed by atoms with Crippen LogP contribution < -0.4 is 0 Å². The predicted octanol–water partition coefficient (Wildman–Crippen LogP) is 2.36. The monoisotopic (exact) mass is 170 g/mol. The maximum atomic E-state index is 11.4. The van der Waals surface area contributed by atoms with Crippen LogP contribution in [-0.4, -0.2) is 5.78 Å². The molecule has 0 radical (unpaired) electrons. The summed E-state index contributed by atoms with van der Waals surface area (Å²) >= 11 is 0. The van der Waals surface area contributed by atoms with E-state index in [1.165, 1.54) is 22.3 Å². The van der Waals surface area contributed by atoms with Crippen LogP contribution in [0.5, 0.6) is 0 Å². The van der Waals surface area contributed by atoms with Crippen LogP contribution in [0, 0.1) is 0 Å². The molecule has 1 aromatic rings. The smallest absolute Gasteiger partial charge is 0.141 e. The number of Topliss-reactive ketones (excluding diaryl/α,β-unsaturated/α-hetero) is 1. The van der Waals surface area contributed by atoms with Crippen LogP contribution in [-0.2, 0) is 11.2 Å². The molecule has 0 amide bonds. The average molecular weight is 170 g/mol. The van der Waals surface area contributed by atoms with Crippen molar-refractivity contribution in [3.63, 3.8) is 0 Å². The quantitative estimate of drug-likeness (QED) is 0.584. The number of carbonyl (C=O) groups excluding carboxylic acids is 1. The minimum Gasteiger partial charge on any atom is -0.299 e. The summed E-state index contributed by atoms with van der Waals surface area (Å²) in [6, 6.07) is 8.27. The number of fused-ring (bicyclic) bond motifs is 2. The summed E-state index contributed by atoms with van der Waals surface area (Å²) in [5, 5.41) is 0. The highest BCUT2D eigenvalue weighted by atomic mass is 16.1. The molecule has 3 rings (SSSR count). The molecule has 0 aromatic heterocycles. The molecule has 13 heavy (non-hydrogen) atoms. The molecule has 0 unspecified atom stereocenters. The maximum absolute atomic E-state index is 11.4. The van der Waals surface area contributed by atoms with Crippen LogP contribution in [0.15, 0.2) is 29.8 Å². The molecule has 1 aromatic carbocycles. The third-order valence-corrected chi connectivity index (χ3v) is 2.83. The number of rotatable bonds is 0. The van der Waals surface area contributed by atoms with Crippen LogP contribution >= 0.6 is 0 Å². The molecule has 0 N–H and O–H groups in total. The first-order valence-electron chi connectivity index (χ1n) is 4.65. The molecule has 2 aliphatic rings. The summed E-state index contributed by atoms with van der Waals surface area (Å²) in [5.41, 5.74) is 5.34. The Labute approximate surface area is 77.1 Å². The minimum atomic E-state index is 0.370. The molecule has 0 fully saturated rings. The van der Waals surface area contributed by atoms with Crippen molar-refractivity contribution in [2.75, 3.05) is 0 Å². The second-order valence-electron chi connectivity index (χ2n) is 3.81. The summed E-state index contributed by atoms with van der Waals surface area (Å²) in [5.74, 6) is 0.370. The molecule has 1 heteroatoms. The van der Waals surface area contributed by atoms with Gasteiger partial charge in [-0.15, -0.1) is 0 Å². The highest BCUT2D eigenvalue weighted by Crippen LogP contribution is 2.45. The van der Waals surface area contributed by atoms with Gasteiger partial charge in [0.1, 0.15) is 5.78 Å². The first-order chi connectivity index (χ1) is 6.34.